The Balaban J connectivity index is 2.25. The molecular weight excluding hydrogens is 238 g/mol. The van der Waals surface area contributed by atoms with Crippen LogP contribution < -0.4 is 16.0 Å². The minimum Gasteiger partial charge on any atom is -0.456 e. The van der Waals surface area contributed by atoms with Gasteiger partial charge in [-0.1, -0.05) is 17.7 Å². The van der Waals surface area contributed by atoms with Crippen molar-refractivity contribution in [2.24, 2.45) is 5.84 Å². The predicted octanol–water partition coefficient (Wildman–Crippen LogP) is 3.12. The first kappa shape index (κ1) is 11.7. The normalized spacial score (nSPS) is 10.1. The largest absolute Gasteiger partial charge is 0.456 e. The molecule has 1 aromatic heterocycles. The molecule has 0 aliphatic rings. The number of nitrogens with one attached hydrogen (secondary N) is 1. The van der Waals surface area contributed by atoms with E-state index in [1.165, 1.54) is 0 Å². The number of hydrazine groups is 1. The minimum absolute atomic E-state index is 0.533. The molecule has 0 unspecified atom stereocenters. The number of rotatable bonds is 3. The molecule has 1 heterocycles. The topological polar surface area (TPSA) is 60.2 Å². The second-order valence-corrected chi connectivity index (χ2v) is 3.96. The fourth-order valence-corrected chi connectivity index (χ4v) is 1.64. The number of nitrogen functional groups attached to an aromatic ring is 1. The van der Waals surface area contributed by atoms with Gasteiger partial charge in [0.05, 0.1) is 5.02 Å². The van der Waals surface area contributed by atoms with Crippen molar-refractivity contribution in [3.05, 3.63) is 47.1 Å². The van der Waals surface area contributed by atoms with Crippen LogP contribution in [0.3, 0.4) is 0 Å². The maximum absolute atomic E-state index is 6.07. The van der Waals surface area contributed by atoms with Crippen molar-refractivity contribution < 1.29 is 4.74 Å². The summed E-state index contributed by atoms with van der Waals surface area (Å²) in [6.45, 7) is 1.97. The monoisotopic (exact) mass is 249 g/mol. The van der Waals surface area contributed by atoms with Gasteiger partial charge in [0.2, 0.25) is 0 Å². The summed E-state index contributed by atoms with van der Waals surface area (Å²) in [6, 6.07) is 9.03. The molecule has 2 aromatic rings. The Morgan fingerprint density at radius 3 is 2.82 bits per heavy atom. The van der Waals surface area contributed by atoms with E-state index < -0.39 is 0 Å². The molecule has 0 amide bonds. The maximum atomic E-state index is 6.07. The number of aromatic nitrogens is 1. The zero-order valence-corrected chi connectivity index (χ0v) is 10.0. The third-order valence-corrected chi connectivity index (χ3v) is 2.49. The highest BCUT2D eigenvalue weighted by atomic mass is 35.5. The number of pyridine rings is 1. The molecule has 3 N–H and O–H groups in total. The smallest absolute Gasteiger partial charge is 0.146 e. The highest BCUT2D eigenvalue weighted by molar-refractivity contribution is 6.32. The molecule has 0 spiro atoms. The summed E-state index contributed by atoms with van der Waals surface area (Å²) in [5.74, 6) is 7.03. The number of anilines is 1. The van der Waals surface area contributed by atoms with E-state index in [9.17, 15) is 0 Å². The highest BCUT2D eigenvalue weighted by Crippen LogP contribution is 2.30. The first-order chi connectivity index (χ1) is 8.19. The molecule has 0 aliphatic carbocycles. The summed E-state index contributed by atoms with van der Waals surface area (Å²) in [4.78, 5) is 3.99. The molecule has 0 aliphatic heterocycles. The number of hydrogen-bond acceptors (Lipinski definition) is 4. The lowest BCUT2D eigenvalue weighted by atomic mass is 10.2. The van der Waals surface area contributed by atoms with Gasteiger partial charge in [0.1, 0.15) is 17.3 Å². The van der Waals surface area contributed by atoms with Crippen molar-refractivity contribution in [3.63, 3.8) is 0 Å². The molecule has 17 heavy (non-hydrogen) atoms. The van der Waals surface area contributed by atoms with Gasteiger partial charge in [-0.15, -0.1) is 0 Å². The second-order valence-electron chi connectivity index (χ2n) is 3.56. The molecule has 5 heteroatoms. The average molecular weight is 250 g/mol. The second kappa shape index (κ2) is 5.03. The first-order valence-electron chi connectivity index (χ1n) is 5.06. The van der Waals surface area contributed by atoms with Crippen LogP contribution in [-0.4, -0.2) is 4.98 Å². The van der Waals surface area contributed by atoms with Crippen LogP contribution >= 0.6 is 11.6 Å². The van der Waals surface area contributed by atoms with Crippen molar-refractivity contribution in [3.8, 4) is 11.5 Å². The molecule has 2 rings (SSSR count). The molecule has 0 bridgehead atoms. The van der Waals surface area contributed by atoms with E-state index in [4.69, 9.17) is 22.2 Å². The van der Waals surface area contributed by atoms with Crippen LogP contribution in [0.5, 0.6) is 11.5 Å². The van der Waals surface area contributed by atoms with E-state index in [0.717, 1.165) is 5.56 Å². The van der Waals surface area contributed by atoms with Crippen LogP contribution in [0.4, 0.5) is 5.82 Å². The average Bonchev–Trinajstić information content (AvgIpc) is 2.33. The van der Waals surface area contributed by atoms with Gasteiger partial charge < -0.3 is 10.2 Å². The number of nitrogens with two attached hydrogens (primary N) is 1. The molecule has 0 saturated heterocycles. The zero-order valence-electron chi connectivity index (χ0n) is 9.27. The van der Waals surface area contributed by atoms with Crippen molar-refractivity contribution in [2.75, 3.05) is 5.43 Å². The van der Waals surface area contributed by atoms with Crippen LogP contribution in [0.25, 0.3) is 0 Å². The number of hydrogen-bond donors (Lipinski definition) is 2. The Hall–Kier alpha value is -1.78. The van der Waals surface area contributed by atoms with Gasteiger partial charge in [-0.2, -0.15) is 0 Å². The minimum atomic E-state index is 0.533. The molecule has 0 fully saturated rings. The predicted molar refractivity (Wildman–Crippen MR) is 68.3 cm³/mol. The quantitative estimate of drug-likeness (QED) is 0.648. The number of aryl methyl sites for hydroxylation is 1. The SMILES string of the molecule is Cc1ccc(Oc2ccnc(NN)c2)c(Cl)c1. The van der Waals surface area contributed by atoms with Crippen molar-refractivity contribution in [1.29, 1.82) is 0 Å². The maximum Gasteiger partial charge on any atom is 0.146 e. The summed E-state index contributed by atoms with van der Waals surface area (Å²) in [5, 5.41) is 0.573. The van der Waals surface area contributed by atoms with Gasteiger partial charge in [0.15, 0.2) is 0 Å². The van der Waals surface area contributed by atoms with Crippen molar-refractivity contribution in [1.82, 2.24) is 4.98 Å². The molecule has 0 atom stereocenters. The molecule has 88 valence electrons. The Bertz CT molecular complexity index is 531. The number of benzene rings is 1. The number of halogens is 1. The third kappa shape index (κ3) is 2.87. The lowest BCUT2D eigenvalue weighted by Crippen LogP contribution is -2.08. The summed E-state index contributed by atoms with van der Waals surface area (Å²) < 4.78 is 5.64. The summed E-state index contributed by atoms with van der Waals surface area (Å²) in [6.07, 6.45) is 1.60. The Morgan fingerprint density at radius 1 is 1.29 bits per heavy atom. The summed E-state index contributed by atoms with van der Waals surface area (Å²) in [7, 11) is 0. The summed E-state index contributed by atoms with van der Waals surface area (Å²) in [5.41, 5.74) is 3.54. The van der Waals surface area contributed by atoms with Gasteiger partial charge in [-0.25, -0.2) is 10.8 Å². The first-order valence-corrected chi connectivity index (χ1v) is 5.43. The Morgan fingerprint density at radius 2 is 2.12 bits per heavy atom. The van der Waals surface area contributed by atoms with Gasteiger partial charge in [0, 0.05) is 12.3 Å². The standard InChI is InChI=1S/C12H12ClN3O/c1-8-2-3-11(10(13)6-8)17-9-4-5-15-12(7-9)16-14/h2-7H,14H2,1H3,(H,15,16). The van der Waals surface area contributed by atoms with E-state index in [1.54, 1.807) is 18.3 Å². The lowest BCUT2D eigenvalue weighted by Gasteiger charge is -2.08. The van der Waals surface area contributed by atoms with E-state index in [1.807, 2.05) is 25.1 Å². The number of nitrogens with zero attached hydrogens (tertiary/aromatic N) is 1. The van der Waals surface area contributed by atoms with E-state index in [0.29, 0.717) is 22.3 Å². The molecular formula is C12H12ClN3O. The van der Waals surface area contributed by atoms with Gasteiger partial charge >= 0.3 is 0 Å². The van der Waals surface area contributed by atoms with Crippen LogP contribution in [0.15, 0.2) is 36.5 Å². The molecule has 1 aromatic carbocycles. The van der Waals surface area contributed by atoms with Crippen molar-refractivity contribution in [2.45, 2.75) is 6.92 Å². The Labute approximate surface area is 104 Å². The summed E-state index contributed by atoms with van der Waals surface area (Å²) >= 11 is 6.07. The molecule has 0 radical (unpaired) electrons. The lowest BCUT2D eigenvalue weighted by molar-refractivity contribution is 0.482. The zero-order chi connectivity index (χ0) is 12.3. The van der Waals surface area contributed by atoms with Gasteiger partial charge in [0.25, 0.3) is 0 Å². The van der Waals surface area contributed by atoms with Crippen LogP contribution in [0, 0.1) is 6.92 Å². The van der Waals surface area contributed by atoms with Crippen LogP contribution in [0.1, 0.15) is 5.56 Å². The van der Waals surface area contributed by atoms with E-state index in [2.05, 4.69) is 10.4 Å². The number of ether oxygens (including phenoxy) is 1. The fourth-order valence-electron chi connectivity index (χ4n) is 1.37. The highest BCUT2D eigenvalue weighted by Gasteiger charge is 2.04. The van der Waals surface area contributed by atoms with E-state index in [-0.39, 0.29) is 0 Å². The van der Waals surface area contributed by atoms with Crippen molar-refractivity contribution >= 4 is 17.4 Å². The van der Waals surface area contributed by atoms with Crippen LogP contribution in [0.2, 0.25) is 5.02 Å². The molecule has 4 nitrogen and oxygen atoms in total. The molecule has 0 saturated carbocycles. The Kier molecular flexibility index (Phi) is 3.46. The van der Waals surface area contributed by atoms with Gasteiger partial charge in [-0.05, 0) is 30.7 Å². The fraction of sp³-hybridized carbons (Fsp3) is 0.0833. The van der Waals surface area contributed by atoms with E-state index >= 15 is 0 Å². The third-order valence-electron chi connectivity index (χ3n) is 2.19. The van der Waals surface area contributed by atoms with Crippen LogP contribution in [-0.2, 0) is 0 Å². The van der Waals surface area contributed by atoms with Gasteiger partial charge in [-0.3, -0.25) is 0 Å².